The third-order valence-corrected chi connectivity index (χ3v) is 6.07. The lowest BCUT2D eigenvalue weighted by Crippen LogP contribution is -2.51. The van der Waals surface area contributed by atoms with Gasteiger partial charge < -0.3 is 40.2 Å². The number of carboxylic acids is 2. The summed E-state index contributed by atoms with van der Waals surface area (Å²) in [6, 6.07) is 17.7. The summed E-state index contributed by atoms with van der Waals surface area (Å²) in [6.45, 7) is 4.16. The number of nitrogens with zero attached hydrogens (tertiary/aromatic N) is 1. The summed E-state index contributed by atoms with van der Waals surface area (Å²) in [5, 5.41) is 55.7. The molecule has 1 heterocycles. The number of hydrogen-bond donors (Lipinski definition) is 4. The first-order valence-corrected chi connectivity index (χ1v) is 11.1. The quantitative estimate of drug-likeness (QED) is 0.375. The molecule has 186 valence electrons. The number of carboxylic acid groups (broad SMARTS) is 2. The predicted molar refractivity (Wildman–Crippen MR) is 119 cm³/mol. The molecule has 0 saturated carbocycles. The van der Waals surface area contributed by atoms with Gasteiger partial charge in [-0.15, -0.1) is 0 Å². The summed E-state index contributed by atoms with van der Waals surface area (Å²) in [5.74, 6) is -3.14. The van der Waals surface area contributed by atoms with E-state index in [1.165, 1.54) is 18.4 Å². The first-order chi connectivity index (χ1) is 16.1. The highest BCUT2D eigenvalue weighted by Gasteiger charge is 2.27. The molecule has 0 spiro atoms. The fourth-order valence-electron chi connectivity index (χ4n) is 3.92. The monoisotopic (exact) mass is 473 g/mol. The van der Waals surface area contributed by atoms with Crippen molar-refractivity contribution in [3.63, 3.8) is 0 Å². The second-order valence-corrected chi connectivity index (χ2v) is 8.47. The van der Waals surface area contributed by atoms with E-state index in [1.54, 1.807) is 24.3 Å². The van der Waals surface area contributed by atoms with Gasteiger partial charge in [0.1, 0.15) is 18.0 Å². The lowest BCUT2D eigenvalue weighted by Gasteiger charge is -2.38. The van der Waals surface area contributed by atoms with E-state index in [0.29, 0.717) is 0 Å². The molecule has 2 aromatic carbocycles. The SMILES string of the molecule is CC(C(O)c1ccc(O)cc1)N1CCC(Cc2ccccc2)CC1.O=C([O-])C(O)C(O)C(=O)[O-]. The largest absolute Gasteiger partial charge is 0.547 e. The van der Waals surface area contributed by atoms with Crippen LogP contribution in [0.1, 0.15) is 37.0 Å². The molecule has 1 saturated heterocycles. The van der Waals surface area contributed by atoms with E-state index in [2.05, 4.69) is 42.2 Å². The Morgan fingerprint density at radius 1 is 0.912 bits per heavy atom. The molecule has 0 bridgehead atoms. The fraction of sp³-hybridized carbons (Fsp3) is 0.440. The number of hydrogen-bond acceptors (Lipinski definition) is 9. The summed E-state index contributed by atoms with van der Waals surface area (Å²) in [7, 11) is 0. The third kappa shape index (κ3) is 8.11. The molecule has 9 nitrogen and oxygen atoms in total. The van der Waals surface area contributed by atoms with Crippen LogP contribution in [0.25, 0.3) is 0 Å². The highest BCUT2D eigenvalue weighted by atomic mass is 16.4. The summed E-state index contributed by atoms with van der Waals surface area (Å²) < 4.78 is 0. The maximum Gasteiger partial charge on any atom is 0.124 e. The van der Waals surface area contributed by atoms with Gasteiger partial charge in [0.15, 0.2) is 0 Å². The highest BCUT2D eigenvalue weighted by molar-refractivity contribution is 5.80. The van der Waals surface area contributed by atoms with Crippen LogP contribution in [0.15, 0.2) is 54.6 Å². The van der Waals surface area contributed by atoms with Crippen LogP contribution in [-0.2, 0) is 16.0 Å². The molecule has 3 rings (SSSR count). The van der Waals surface area contributed by atoms with Crippen molar-refractivity contribution in [2.24, 2.45) is 5.92 Å². The number of aliphatic carboxylic acids is 2. The van der Waals surface area contributed by atoms with Gasteiger partial charge in [-0.25, -0.2) is 0 Å². The molecule has 4 unspecified atom stereocenters. The Morgan fingerprint density at radius 3 is 1.88 bits per heavy atom. The Kier molecular flexibility index (Phi) is 10.5. The van der Waals surface area contributed by atoms with Crippen LogP contribution in [0, 0.1) is 5.92 Å². The second-order valence-electron chi connectivity index (χ2n) is 8.47. The number of aliphatic hydroxyl groups is 3. The van der Waals surface area contributed by atoms with Crippen LogP contribution in [0.5, 0.6) is 5.75 Å². The lowest BCUT2D eigenvalue weighted by molar-refractivity contribution is -0.333. The number of likely N-dealkylation sites (tertiary alicyclic amines) is 1. The minimum absolute atomic E-state index is 0.0900. The summed E-state index contributed by atoms with van der Waals surface area (Å²) in [6.07, 6.45) is -1.88. The highest BCUT2D eigenvalue weighted by Crippen LogP contribution is 2.28. The van der Waals surface area contributed by atoms with Crippen molar-refractivity contribution in [1.82, 2.24) is 4.90 Å². The number of piperidine rings is 1. The zero-order chi connectivity index (χ0) is 25.3. The van der Waals surface area contributed by atoms with Crippen LogP contribution in [-0.4, -0.2) is 68.6 Å². The van der Waals surface area contributed by atoms with Crippen LogP contribution in [0.2, 0.25) is 0 Å². The van der Waals surface area contributed by atoms with Gasteiger partial charge in [-0.05, 0) is 68.5 Å². The standard InChI is InChI=1S/C21H27NO2.C4H6O6/c1-16(21(24)19-7-9-20(23)10-8-19)22-13-11-18(12-14-22)15-17-5-3-2-4-6-17;5-1(3(7)8)2(6)4(9)10/h2-10,16,18,21,23-24H,11-15H2,1H3;1-2,5-6H,(H,7,8)(H,9,10)/p-2. The molecule has 0 aliphatic carbocycles. The Bertz CT molecular complexity index is 879. The number of phenolic OH excluding ortho intramolecular Hbond substituents is 1. The van der Waals surface area contributed by atoms with Gasteiger partial charge in [-0.2, -0.15) is 0 Å². The van der Waals surface area contributed by atoms with E-state index in [1.807, 2.05) is 0 Å². The minimum Gasteiger partial charge on any atom is -0.547 e. The third-order valence-electron chi connectivity index (χ3n) is 6.07. The van der Waals surface area contributed by atoms with Crippen molar-refractivity contribution in [1.29, 1.82) is 0 Å². The normalized spacial score (nSPS) is 18.1. The number of carbonyl (C=O) groups excluding carboxylic acids is 2. The Balaban J connectivity index is 0.000000347. The maximum atomic E-state index is 10.6. The molecule has 1 aliphatic rings. The van der Waals surface area contributed by atoms with Gasteiger partial charge in [-0.1, -0.05) is 42.5 Å². The minimum atomic E-state index is -2.44. The van der Waals surface area contributed by atoms with E-state index in [4.69, 9.17) is 10.2 Å². The number of phenols is 1. The van der Waals surface area contributed by atoms with E-state index in [-0.39, 0.29) is 11.8 Å². The number of benzene rings is 2. The average Bonchev–Trinajstić information content (AvgIpc) is 2.84. The lowest BCUT2D eigenvalue weighted by atomic mass is 9.89. The Hall–Kier alpha value is -2.98. The zero-order valence-corrected chi connectivity index (χ0v) is 19.0. The molecule has 0 aromatic heterocycles. The molecule has 0 amide bonds. The van der Waals surface area contributed by atoms with Gasteiger partial charge >= 0.3 is 0 Å². The van der Waals surface area contributed by atoms with Crippen molar-refractivity contribution < 1.29 is 40.2 Å². The number of aliphatic hydroxyl groups excluding tert-OH is 3. The predicted octanol–water partition coefficient (Wildman–Crippen LogP) is -1.02. The molecule has 9 heteroatoms. The van der Waals surface area contributed by atoms with E-state index < -0.39 is 30.3 Å². The van der Waals surface area contributed by atoms with Crippen molar-refractivity contribution in [3.8, 4) is 5.75 Å². The van der Waals surface area contributed by atoms with Crippen LogP contribution >= 0.6 is 0 Å². The first kappa shape index (κ1) is 27.3. The first-order valence-electron chi connectivity index (χ1n) is 11.1. The summed E-state index contributed by atoms with van der Waals surface area (Å²) >= 11 is 0. The summed E-state index contributed by atoms with van der Waals surface area (Å²) in [4.78, 5) is 21.7. The van der Waals surface area contributed by atoms with Gasteiger partial charge in [0.25, 0.3) is 0 Å². The van der Waals surface area contributed by atoms with Gasteiger partial charge in [0, 0.05) is 6.04 Å². The van der Waals surface area contributed by atoms with E-state index >= 15 is 0 Å². The van der Waals surface area contributed by atoms with Crippen LogP contribution in [0.4, 0.5) is 0 Å². The molecule has 1 fully saturated rings. The number of rotatable bonds is 8. The molecular weight excluding hydrogens is 442 g/mol. The van der Waals surface area contributed by atoms with Crippen molar-refractivity contribution in [3.05, 3.63) is 65.7 Å². The number of carbonyl (C=O) groups is 2. The molecule has 34 heavy (non-hydrogen) atoms. The Labute approximate surface area is 198 Å². The molecule has 0 radical (unpaired) electrons. The van der Waals surface area contributed by atoms with Crippen molar-refractivity contribution >= 4 is 11.9 Å². The molecule has 4 atom stereocenters. The van der Waals surface area contributed by atoms with Crippen LogP contribution < -0.4 is 10.2 Å². The Morgan fingerprint density at radius 2 is 1.41 bits per heavy atom. The molecule has 1 aliphatic heterocycles. The second kappa shape index (κ2) is 13.0. The maximum absolute atomic E-state index is 10.6. The van der Waals surface area contributed by atoms with E-state index in [0.717, 1.165) is 31.0 Å². The number of aromatic hydroxyl groups is 1. The fourth-order valence-corrected chi connectivity index (χ4v) is 3.92. The van der Waals surface area contributed by atoms with Gasteiger partial charge in [0.05, 0.1) is 18.0 Å². The molecule has 2 aromatic rings. The molecule has 4 N–H and O–H groups in total. The van der Waals surface area contributed by atoms with Gasteiger partial charge in [0.2, 0.25) is 0 Å². The van der Waals surface area contributed by atoms with Crippen molar-refractivity contribution in [2.75, 3.05) is 13.1 Å². The van der Waals surface area contributed by atoms with Crippen LogP contribution in [0.3, 0.4) is 0 Å². The summed E-state index contributed by atoms with van der Waals surface area (Å²) in [5.41, 5.74) is 2.29. The van der Waals surface area contributed by atoms with E-state index in [9.17, 15) is 30.0 Å². The average molecular weight is 474 g/mol. The topological polar surface area (TPSA) is 164 Å². The smallest absolute Gasteiger partial charge is 0.124 e. The van der Waals surface area contributed by atoms with Gasteiger partial charge in [-0.3, -0.25) is 4.90 Å². The molecular formula is C25H31NO8-2. The zero-order valence-electron chi connectivity index (χ0n) is 19.0. The van der Waals surface area contributed by atoms with Crippen molar-refractivity contribution in [2.45, 2.75) is 50.5 Å².